The Morgan fingerprint density at radius 3 is 2.58 bits per heavy atom. The summed E-state index contributed by atoms with van der Waals surface area (Å²) in [4.78, 5) is 10.3. The number of rotatable bonds is 4. The normalized spacial score (nSPS) is 10.3. The zero-order chi connectivity index (χ0) is 13.8. The quantitative estimate of drug-likeness (QED) is 0.669. The van der Waals surface area contributed by atoms with E-state index in [2.05, 4.69) is 62.5 Å². The SMILES string of the molecule is Cc1ccc(CN(C)c2ncnc(NN)c2Br)cc1. The van der Waals surface area contributed by atoms with E-state index in [1.54, 1.807) is 0 Å². The summed E-state index contributed by atoms with van der Waals surface area (Å²) < 4.78 is 0.757. The van der Waals surface area contributed by atoms with Crippen LogP contribution in [0.4, 0.5) is 11.6 Å². The molecule has 1 aromatic heterocycles. The molecule has 19 heavy (non-hydrogen) atoms. The second kappa shape index (κ2) is 5.99. The van der Waals surface area contributed by atoms with Crippen LogP contribution in [-0.4, -0.2) is 17.0 Å². The molecule has 0 radical (unpaired) electrons. The van der Waals surface area contributed by atoms with Crippen LogP contribution < -0.4 is 16.2 Å². The van der Waals surface area contributed by atoms with E-state index < -0.39 is 0 Å². The third kappa shape index (κ3) is 3.21. The van der Waals surface area contributed by atoms with Crippen molar-refractivity contribution in [3.63, 3.8) is 0 Å². The molecule has 0 amide bonds. The van der Waals surface area contributed by atoms with E-state index in [-0.39, 0.29) is 0 Å². The highest BCUT2D eigenvalue weighted by molar-refractivity contribution is 9.10. The van der Waals surface area contributed by atoms with Crippen molar-refractivity contribution in [2.45, 2.75) is 13.5 Å². The second-order valence-electron chi connectivity index (χ2n) is 4.35. The first-order chi connectivity index (χ1) is 9.11. The fourth-order valence-corrected chi connectivity index (χ4v) is 2.39. The van der Waals surface area contributed by atoms with Crippen LogP contribution in [0.3, 0.4) is 0 Å². The smallest absolute Gasteiger partial charge is 0.159 e. The van der Waals surface area contributed by atoms with Crippen LogP contribution in [0.1, 0.15) is 11.1 Å². The van der Waals surface area contributed by atoms with Crippen LogP contribution >= 0.6 is 15.9 Å². The first kappa shape index (κ1) is 13.8. The number of nitrogen functional groups attached to an aromatic ring is 1. The predicted molar refractivity (Wildman–Crippen MR) is 80.8 cm³/mol. The van der Waals surface area contributed by atoms with Crippen molar-refractivity contribution >= 4 is 27.6 Å². The average molecular weight is 322 g/mol. The number of nitrogens with one attached hydrogen (secondary N) is 1. The van der Waals surface area contributed by atoms with Gasteiger partial charge in [0.2, 0.25) is 0 Å². The van der Waals surface area contributed by atoms with Gasteiger partial charge >= 0.3 is 0 Å². The Bertz CT molecular complexity index is 555. The molecule has 3 N–H and O–H groups in total. The molecule has 2 aromatic rings. The molecule has 0 atom stereocenters. The zero-order valence-corrected chi connectivity index (χ0v) is 12.5. The van der Waals surface area contributed by atoms with Crippen molar-refractivity contribution in [3.8, 4) is 0 Å². The summed E-state index contributed by atoms with van der Waals surface area (Å²) in [7, 11) is 1.98. The standard InChI is InChI=1S/C13H16BrN5/c1-9-3-5-10(6-4-9)7-19(2)13-11(14)12(18-15)16-8-17-13/h3-6,8H,7,15H2,1-2H3,(H,16,17,18). The molecule has 0 unspecified atom stereocenters. The van der Waals surface area contributed by atoms with Gasteiger partial charge in [-0.05, 0) is 28.4 Å². The van der Waals surface area contributed by atoms with Crippen molar-refractivity contribution in [1.29, 1.82) is 0 Å². The number of aryl methyl sites for hydroxylation is 1. The first-order valence-electron chi connectivity index (χ1n) is 5.85. The minimum atomic E-state index is 0.570. The van der Waals surface area contributed by atoms with Gasteiger partial charge in [-0.25, -0.2) is 15.8 Å². The molecule has 0 saturated carbocycles. The molecule has 100 valence electrons. The van der Waals surface area contributed by atoms with Gasteiger partial charge in [-0.2, -0.15) is 0 Å². The number of hydrazine groups is 1. The van der Waals surface area contributed by atoms with E-state index in [0.717, 1.165) is 16.8 Å². The van der Waals surface area contributed by atoms with Crippen LogP contribution in [0.5, 0.6) is 0 Å². The first-order valence-corrected chi connectivity index (χ1v) is 6.65. The molecule has 0 spiro atoms. The fourth-order valence-electron chi connectivity index (χ4n) is 1.77. The van der Waals surface area contributed by atoms with Crippen LogP contribution in [0.25, 0.3) is 0 Å². The summed E-state index contributed by atoms with van der Waals surface area (Å²) in [6.07, 6.45) is 1.49. The van der Waals surface area contributed by atoms with E-state index in [1.165, 1.54) is 17.5 Å². The Morgan fingerprint density at radius 2 is 1.95 bits per heavy atom. The van der Waals surface area contributed by atoms with Crippen LogP contribution in [0.15, 0.2) is 35.1 Å². The van der Waals surface area contributed by atoms with E-state index in [9.17, 15) is 0 Å². The van der Waals surface area contributed by atoms with Crippen LogP contribution in [0.2, 0.25) is 0 Å². The van der Waals surface area contributed by atoms with E-state index in [0.29, 0.717) is 5.82 Å². The lowest BCUT2D eigenvalue weighted by molar-refractivity contribution is 0.885. The van der Waals surface area contributed by atoms with Gasteiger partial charge in [0.1, 0.15) is 16.6 Å². The molecular weight excluding hydrogens is 306 g/mol. The average Bonchev–Trinajstić information content (AvgIpc) is 2.41. The Kier molecular flexibility index (Phi) is 4.34. The number of hydrogen-bond donors (Lipinski definition) is 2. The maximum absolute atomic E-state index is 5.40. The molecule has 1 heterocycles. The van der Waals surface area contributed by atoms with Gasteiger partial charge in [-0.15, -0.1) is 0 Å². The molecular formula is C13H16BrN5. The van der Waals surface area contributed by atoms with E-state index >= 15 is 0 Å². The molecule has 0 aliphatic heterocycles. The molecule has 5 nitrogen and oxygen atoms in total. The molecule has 0 aliphatic carbocycles. The highest BCUT2D eigenvalue weighted by atomic mass is 79.9. The van der Waals surface area contributed by atoms with Gasteiger partial charge in [0, 0.05) is 13.6 Å². The number of benzene rings is 1. The van der Waals surface area contributed by atoms with Crippen molar-refractivity contribution in [3.05, 3.63) is 46.2 Å². The lowest BCUT2D eigenvalue weighted by Gasteiger charge is -2.20. The summed E-state index contributed by atoms with van der Waals surface area (Å²) in [5.74, 6) is 6.77. The highest BCUT2D eigenvalue weighted by Gasteiger charge is 2.12. The maximum Gasteiger partial charge on any atom is 0.159 e. The summed E-state index contributed by atoms with van der Waals surface area (Å²) in [6.45, 7) is 2.84. The lowest BCUT2D eigenvalue weighted by Crippen LogP contribution is -2.19. The van der Waals surface area contributed by atoms with Crippen molar-refractivity contribution in [2.75, 3.05) is 17.4 Å². The summed E-state index contributed by atoms with van der Waals surface area (Å²) in [5, 5.41) is 0. The van der Waals surface area contributed by atoms with Crippen LogP contribution in [-0.2, 0) is 6.54 Å². The Hall–Kier alpha value is -1.66. The van der Waals surface area contributed by atoms with Gasteiger partial charge in [0.15, 0.2) is 5.82 Å². The number of halogens is 1. The number of nitrogens with zero attached hydrogens (tertiary/aromatic N) is 3. The third-order valence-corrected chi connectivity index (χ3v) is 3.54. The maximum atomic E-state index is 5.40. The van der Waals surface area contributed by atoms with Gasteiger partial charge in [-0.3, -0.25) is 0 Å². The minimum Gasteiger partial charge on any atom is -0.354 e. The van der Waals surface area contributed by atoms with E-state index in [4.69, 9.17) is 5.84 Å². The molecule has 6 heteroatoms. The van der Waals surface area contributed by atoms with Gasteiger partial charge in [-0.1, -0.05) is 29.8 Å². The van der Waals surface area contributed by atoms with Gasteiger partial charge < -0.3 is 10.3 Å². The Labute approximate surface area is 121 Å². The van der Waals surface area contributed by atoms with Crippen molar-refractivity contribution < 1.29 is 0 Å². The highest BCUT2D eigenvalue weighted by Crippen LogP contribution is 2.28. The molecule has 0 saturated heterocycles. The second-order valence-corrected chi connectivity index (χ2v) is 5.14. The largest absolute Gasteiger partial charge is 0.354 e. The number of nitrogens with two attached hydrogens (primary N) is 1. The molecule has 0 aliphatic rings. The Morgan fingerprint density at radius 1 is 1.26 bits per heavy atom. The molecule has 1 aromatic carbocycles. The Balaban J connectivity index is 2.20. The molecule has 0 bridgehead atoms. The van der Waals surface area contributed by atoms with Crippen molar-refractivity contribution in [2.24, 2.45) is 5.84 Å². The zero-order valence-electron chi connectivity index (χ0n) is 10.9. The fraction of sp³-hybridized carbons (Fsp3) is 0.231. The molecule has 2 rings (SSSR count). The number of hydrogen-bond acceptors (Lipinski definition) is 5. The number of anilines is 2. The van der Waals surface area contributed by atoms with E-state index in [1.807, 2.05) is 11.9 Å². The van der Waals surface area contributed by atoms with Gasteiger partial charge in [0.05, 0.1) is 0 Å². The summed E-state index contributed by atoms with van der Waals surface area (Å²) in [5.41, 5.74) is 5.01. The van der Waals surface area contributed by atoms with Gasteiger partial charge in [0.25, 0.3) is 0 Å². The van der Waals surface area contributed by atoms with Crippen LogP contribution in [0, 0.1) is 6.92 Å². The lowest BCUT2D eigenvalue weighted by atomic mass is 10.1. The number of aromatic nitrogens is 2. The predicted octanol–water partition coefficient (Wildman–Crippen LogP) is 2.47. The summed E-state index contributed by atoms with van der Waals surface area (Å²) >= 11 is 3.46. The van der Waals surface area contributed by atoms with Crippen molar-refractivity contribution in [1.82, 2.24) is 9.97 Å². The third-order valence-electron chi connectivity index (χ3n) is 2.81. The minimum absolute atomic E-state index is 0.570. The topological polar surface area (TPSA) is 67.1 Å². The monoisotopic (exact) mass is 321 g/mol. The molecule has 0 fully saturated rings. The summed E-state index contributed by atoms with van der Waals surface area (Å²) in [6, 6.07) is 8.43.